The van der Waals surface area contributed by atoms with E-state index in [1.54, 1.807) is 14.2 Å². The maximum atomic E-state index is 12.2. The molecule has 2 saturated carbocycles. The summed E-state index contributed by atoms with van der Waals surface area (Å²) in [6.45, 7) is 9.18. The second-order valence-electron chi connectivity index (χ2n) is 11.9. The third-order valence-electron chi connectivity index (χ3n) is 9.66. The standard InChI is InChI=1S/C28H49NO3/c1-7-8-16-27(3,31)19-21-10-11-23-22(18-21)15-17-28(4)24(12-13-25(23)28)20(2)9-14-26(30)29(5)32-6/h10,20,22-25,31H,7-9,11-19H2,1-6H3/t20-,22-,23-,24-,25+,27?,28-/m1/s1. The highest BCUT2D eigenvalue weighted by atomic mass is 16.7. The van der Waals surface area contributed by atoms with Crippen molar-refractivity contribution in [1.29, 1.82) is 0 Å². The molecule has 4 nitrogen and oxygen atoms in total. The first-order chi connectivity index (χ1) is 15.1. The molecule has 0 saturated heterocycles. The molecule has 2 fully saturated rings. The maximum Gasteiger partial charge on any atom is 0.245 e. The molecule has 7 atom stereocenters. The van der Waals surface area contributed by atoms with E-state index >= 15 is 0 Å². The molecule has 0 aliphatic heterocycles. The molecule has 3 rings (SSSR count). The predicted octanol–water partition coefficient (Wildman–Crippen LogP) is 6.53. The van der Waals surface area contributed by atoms with E-state index in [1.807, 2.05) is 6.92 Å². The Balaban J connectivity index is 1.60. The second-order valence-corrected chi connectivity index (χ2v) is 11.9. The molecule has 3 aliphatic rings. The highest BCUT2D eigenvalue weighted by Gasteiger charge is 2.54. The minimum atomic E-state index is -0.542. The molecule has 3 aliphatic carbocycles. The fourth-order valence-electron chi connectivity index (χ4n) is 7.77. The molecule has 0 aromatic heterocycles. The quantitative estimate of drug-likeness (QED) is 0.306. The van der Waals surface area contributed by atoms with E-state index in [4.69, 9.17) is 4.84 Å². The van der Waals surface area contributed by atoms with Gasteiger partial charge in [-0.05, 0) is 99.7 Å². The van der Waals surface area contributed by atoms with Gasteiger partial charge in [0.25, 0.3) is 0 Å². The molecule has 184 valence electrons. The molecule has 0 aromatic rings. The van der Waals surface area contributed by atoms with Gasteiger partial charge < -0.3 is 5.11 Å². The lowest BCUT2D eigenvalue weighted by Crippen LogP contribution is -2.44. The predicted molar refractivity (Wildman–Crippen MR) is 131 cm³/mol. The van der Waals surface area contributed by atoms with Crippen molar-refractivity contribution in [3.63, 3.8) is 0 Å². The number of rotatable bonds is 10. The molecule has 0 radical (unpaired) electrons. The van der Waals surface area contributed by atoms with Gasteiger partial charge in [-0.15, -0.1) is 0 Å². The largest absolute Gasteiger partial charge is 0.390 e. The smallest absolute Gasteiger partial charge is 0.245 e. The Hall–Kier alpha value is -0.870. The first kappa shape index (κ1) is 25.7. The van der Waals surface area contributed by atoms with Crippen LogP contribution in [0.2, 0.25) is 0 Å². The normalized spacial score (nSPS) is 34.8. The van der Waals surface area contributed by atoms with Crippen molar-refractivity contribution in [2.24, 2.45) is 35.0 Å². The zero-order valence-electron chi connectivity index (χ0n) is 21.7. The van der Waals surface area contributed by atoms with Crippen LogP contribution < -0.4 is 0 Å². The summed E-state index contributed by atoms with van der Waals surface area (Å²) in [6.07, 6.45) is 15.8. The summed E-state index contributed by atoms with van der Waals surface area (Å²) in [5.41, 5.74) is 1.40. The van der Waals surface area contributed by atoms with Crippen molar-refractivity contribution in [1.82, 2.24) is 5.06 Å². The first-order valence-corrected chi connectivity index (χ1v) is 13.3. The van der Waals surface area contributed by atoms with Crippen LogP contribution in [0.5, 0.6) is 0 Å². The second kappa shape index (κ2) is 10.6. The van der Waals surface area contributed by atoms with Crippen molar-refractivity contribution in [3.8, 4) is 0 Å². The van der Waals surface area contributed by atoms with E-state index < -0.39 is 5.60 Å². The van der Waals surface area contributed by atoms with Gasteiger partial charge in [0.15, 0.2) is 0 Å². The number of unbranched alkanes of at least 4 members (excludes halogenated alkanes) is 1. The number of carbonyl (C=O) groups is 1. The van der Waals surface area contributed by atoms with Gasteiger partial charge >= 0.3 is 0 Å². The number of amides is 1. The van der Waals surface area contributed by atoms with Crippen molar-refractivity contribution >= 4 is 5.91 Å². The average Bonchev–Trinajstić information content (AvgIpc) is 3.12. The Kier molecular flexibility index (Phi) is 8.52. The average molecular weight is 448 g/mol. The van der Waals surface area contributed by atoms with Crippen LogP contribution in [0.15, 0.2) is 11.6 Å². The molecule has 0 heterocycles. The Morgan fingerprint density at radius 3 is 2.81 bits per heavy atom. The fourth-order valence-corrected chi connectivity index (χ4v) is 7.77. The minimum Gasteiger partial charge on any atom is -0.390 e. The van der Waals surface area contributed by atoms with E-state index in [9.17, 15) is 9.90 Å². The van der Waals surface area contributed by atoms with E-state index in [0.717, 1.165) is 55.8 Å². The van der Waals surface area contributed by atoms with Crippen molar-refractivity contribution < 1.29 is 14.7 Å². The third kappa shape index (κ3) is 5.60. The van der Waals surface area contributed by atoms with Gasteiger partial charge in [-0.25, -0.2) is 5.06 Å². The van der Waals surface area contributed by atoms with Crippen molar-refractivity contribution in [2.45, 2.75) is 110 Å². The Labute approximate surface area is 197 Å². The number of aliphatic hydroxyl groups is 1. The Morgan fingerprint density at radius 2 is 2.12 bits per heavy atom. The van der Waals surface area contributed by atoms with Crippen LogP contribution >= 0.6 is 0 Å². The maximum absolute atomic E-state index is 12.2. The Bertz CT molecular complexity index is 672. The fraction of sp³-hybridized carbons (Fsp3) is 0.893. The lowest BCUT2D eigenvalue weighted by Gasteiger charge is -2.51. The summed E-state index contributed by atoms with van der Waals surface area (Å²) in [4.78, 5) is 17.3. The summed E-state index contributed by atoms with van der Waals surface area (Å²) >= 11 is 0. The summed E-state index contributed by atoms with van der Waals surface area (Å²) in [6, 6.07) is 0. The van der Waals surface area contributed by atoms with Crippen LogP contribution in [0.1, 0.15) is 105 Å². The molecule has 0 aromatic carbocycles. The van der Waals surface area contributed by atoms with Crippen LogP contribution in [-0.4, -0.2) is 35.8 Å². The van der Waals surface area contributed by atoms with Gasteiger partial charge in [0, 0.05) is 13.5 Å². The van der Waals surface area contributed by atoms with Crippen LogP contribution in [0.25, 0.3) is 0 Å². The highest BCUT2D eigenvalue weighted by molar-refractivity contribution is 5.74. The van der Waals surface area contributed by atoms with Crippen LogP contribution in [-0.2, 0) is 9.63 Å². The molecule has 32 heavy (non-hydrogen) atoms. The molecule has 1 amide bonds. The van der Waals surface area contributed by atoms with Gasteiger partial charge in [0.05, 0.1) is 12.7 Å². The van der Waals surface area contributed by atoms with Gasteiger partial charge in [-0.3, -0.25) is 9.63 Å². The summed E-state index contributed by atoms with van der Waals surface area (Å²) in [7, 11) is 3.26. The monoisotopic (exact) mass is 447 g/mol. The highest BCUT2D eigenvalue weighted by Crippen LogP contribution is 2.63. The van der Waals surface area contributed by atoms with Gasteiger partial charge in [-0.1, -0.05) is 45.3 Å². The van der Waals surface area contributed by atoms with Crippen LogP contribution in [0.4, 0.5) is 0 Å². The van der Waals surface area contributed by atoms with Crippen molar-refractivity contribution in [2.75, 3.05) is 14.2 Å². The number of fused-ring (bicyclic) bond motifs is 3. The summed E-state index contributed by atoms with van der Waals surface area (Å²) in [5.74, 6) is 3.85. The van der Waals surface area contributed by atoms with Crippen LogP contribution in [0.3, 0.4) is 0 Å². The topological polar surface area (TPSA) is 49.8 Å². The molecular weight excluding hydrogens is 398 g/mol. The lowest BCUT2D eigenvalue weighted by molar-refractivity contribution is -0.169. The molecule has 1 unspecified atom stereocenters. The molecular formula is C28H49NO3. The Morgan fingerprint density at radius 1 is 1.38 bits per heavy atom. The van der Waals surface area contributed by atoms with E-state index in [2.05, 4.69) is 26.8 Å². The molecule has 0 bridgehead atoms. The zero-order chi connectivity index (χ0) is 23.5. The first-order valence-electron chi connectivity index (χ1n) is 13.3. The van der Waals surface area contributed by atoms with E-state index in [1.165, 1.54) is 49.2 Å². The number of hydrogen-bond donors (Lipinski definition) is 1. The molecule has 0 spiro atoms. The lowest BCUT2D eigenvalue weighted by atomic mass is 9.54. The number of hydroxylamine groups is 2. The molecule has 4 heteroatoms. The number of carbonyl (C=O) groups excluding carboxylic acids is 1. The third-order valence-corrected chi connectivity index (χ3v) is 9.66. The number of hydrogen-bond acceptors (Lipinski definition) is 3. The summed E-state index contributed by atoms with van der Waals surface area (Å²) in [5, 5.41) is 12.2. The van der Waals surface area contributed by atoms with E-state index in [0.29, 0.717) is 17.8 Å². The SMILES string of the molecule is CCCCC(C)(O)CC1=CC[C@@H]2[C@H](CC[C@]3(C)[C@@H]([C@H](C)CCC(=O)N(C)OC)CC[C@@H]23)C1. The van der Waals surface area contributed by atoms with Crippen LogP contribution in [0, 0.1) is 35.0 Å². The number of nitrogens with zero attached hydrogens (tertiary/aromatic N) is 1. The minimum absolute atomic E-state index is 0.0857. The number of allylic oxidation sites excluding steroid dienone is 1. The van der Waals surface area contributed by atoms with Gasteiger partial charge in [-0.2, -0.15) is 0 Å². The van der Waals surface area contributed by atoms with E-state index in [-0.39, 0.29) is 5.91 Å². The van der Waals surface area contributed by atoms with Crippen molar-refractivity contribution in [3.05, 3.63) is 11.6 Å². The summed E-state index contributed by atoms with van der Waals surface area (Å²) < 4.78 is 0. The molecule has 1 N–H and O–H groups in total. The van der Waals surface area contributed by atoms with Gasteiger partial charge in [0.2, 0.25) is 5.91 Å². The van der Waals surface area contributed by atoms with Gasteiger partial charge in [0.1, 0.15) is 0 Å². The zero-order valence-corrected chi connectivity index (χ0v) is 21.7.